The van der Waals surface area contributed by atoms with Crippen LogP contribution in [0.5, 0.6) is 0 Å². The molecule has 0 saturated carbocycles. The number of rotatable bonds is 3. The number of imidazole rings is 1. The van der Waals surface area contributed by atoms with Gasteiger partial charge in [0.05, 0.1) is 35.6 Å². The largest absolute Gasteiger partial charge is 0.301 e. The Bertz CT molecular complexity index is 733. The maximum Gasteiger partial charge on any atom is 0.0994 e. The molecule has 0 saturated heterocycles. The summed E-state index contributed by atoms with van der Waals surface area (Å²) < 4.78 is 2.14. The van der Waals surface area contributed by atoms with Gasteiger partial charge in [-0.15, -0.1) is 0 Å². The first-order valence-corrected chi connectivity index (χ1v) is 6.68. The van der Waals surface area contributed by atoms with Crippen LogP contribution in [0.4, 0.5) is 0 Å². The summed E-state index contributed by atoms with van der Waals surface area (Å²) in [7, 11) is 0. The lowest BCUT2D eigenvalue weighted by atomic mass is 10.1. The van der Waals surface area contributed by atoms with Crippen molar-refractivity contribution < 1.29 is 0 Å². The number of fused-ring (bicyclic) bond motifs is 3. The van der Waals surface area contributed by atoms with Crippen molar-refractivity contribution in [3.63, 3.8) is 0 Å². The van der Waals surface area contributed by atoms with E-state index in [1.807, 2.05) is 36.9 Å². The number of benzene rings is 1. The molecule has 1 atom stereocenters. The molecule has 1 N–H and O–H groups in total. The number of pyridine rings is 1. The zero-order valence-electron chi connectivity index (χ0n) is 10.9. The Balaban J connectivity index is 1.66. The molecule has 1 aliphatic heterocycles. The molecule has 1 aliphatic rings. The van der Waals surface area contributed by atoms with Gasteiger partial charge in [-0.2, -0.15) is 0 Å². The lowest BCUT2D eigenvalue weighted by molar-refractivity contribution is 0.598. The fourth-order valence-electron chi connectivity index (χ4n) is 2.75. The topological polar surface area (TPSA) is 42.7 Å². The number of hydrogen-bond donors (Lipinski definition) is 1. The lowest BCUT2D eigenvalue weighted by Gasteiger charge is -2.13. The molecule has 0 aliphatic carbocycles. The van der Waals surface area contributed by atoms with E-state index >= 15 is 0 Å². The Morgan fingerprint density at radius 3 is 2.90 bits per heavy atom. The van der Waals surface area contributed by atoms with Gasteiger partial charge in [0.1, 0.15) is 0 Å². The molecule has 3 heterocycles. The Morgan fingerprint density at radius 1 is 1.10 bits per heavy atom. The van der Waals surface area contributed by atoms with Crippen molar-refractivity contribution in [1.82, 2.24) is 19.9 Å². The fraction of sp³-hybridized carbons (Fsp3) is 0.125. The Kier molecular flexibility index (Phi) is 2.60. The maximum absolute atomic E-state index is 4.35. The van der Waals surface area contributed by atoms with E-state index in [0.29, 0.717) is 0 Å². The van der Waals surface area contributed by atoms with Gasteiger partial charge in [-0.3, -0.25) is 10.3 Å². The molecular formula is C16H14N4. The van der Waals surface area contributed by atoms with Gasteiger partial charge in [0, 0.05) is 12.7 Å². The summed E-state index contributed by atoms with van der Waals surface area (Å²) in [6.45, 7) is 0.741. The molecule has 0 spiro atoms. The standard InChI is InChI=1S/C16H14N4/c1-2-7-14-13(6-1)16(15-10-17-11-20(14)15)19-9-12-5-3-4-8-18-12/h1-8,10-11,16,19H,9H2. The minimum Gasteiger partial charge on any atom is -0.301 e. The SMILES string of the molecule is c1ccc(CNC2c3ccccc3-n3cncc32)nc1. The van der Waals surface area contributed by atoms with Crippen LogP contribution in [0, 0.1) is 0 Å². The number of nitrogens with zero attached hydrogens (tertiary/aromatic N) is 3. The van der Waals surface area contributed by atoms with Crippen molar-refractivity contribution in [2.45, 2.75) is 12.6 Å². The Hall–Kier alpha value is -2.46. The predicted octanol–water partition coefficient (Wildman–Crippen LogP) is 2.46. The number of para-hydroxylation sites is 1. The molecule has 98 valence electrons. The van der Waals surface area contributed by atoms with E-state index in [1.165, 1.54) is 16.9 Å². The third-order valence-electron chi connectivity index (χ3n) is 3.68. The van der Waals surface area contributed by atoms with Gasteiger partial charge >= 0.3 is 0 Å². The summed E-state index contributed by atoms with van der Waals surface area (Å²) in [5.74, 6) is 0. The molecule has 0 radical (unpaired) electrons. The van der Waals surface area contributed by atoms with Crippen molar-refractivity contribution in [2.75, 3.05) is 0 Å². The van der Waals surface area contributed by atoms with Crippen molar-refractivity contribution in [1.29, 1.82) is 0 Å². The van der Waals surface area contributed by atoms with Crippen LogP contribution >= 0.6 is 0 Å². The van der Waals surface area contributed by atoms with E-state index < -0.39 is 0 Å². The van der Waals surface area contributed by atoms with E-state index in [-0.39, 0.29) is 6.04 Å². The molecule has 1 unspecified atom stereocenters. The highest BCUT2D eigenvalue weighted by Crippen LogP contribution is 2.35. The van der Waals surface area contributed by atoms with Gasteiger partial charge in [-0.25, -0.2) is 4.98 Å². The molecule has 0 fully saturated rings. The van der Waals surface area contributed by atoms with Crippen molar-refractivity contribution in [2.24, 2.45) is 0 Å². The smallest absolute Gasteiger partial charge is 0.0994 e. The molecule has 2 aromatic heterocycles. The molecule has 3 aromatic rings. The van der Waals surface area contributed by atoms with E-state index in [0.717, 1.165) is 12.2 Å². The van der Waals surface area contributed by atoms with E-state index in [2.05, 4.69) is 44.1 Å². The summed E-state index contributed by atoms with van der Waals surface area (Å²) in [6, 6.07) is 14.6. The van der Waals surface area contributed by atoms with Crippen LogP contribution < -0.4 is 5.32 Å². The second-order valence-electron chi connectivity index (χ2n) is 4.88. The second-order valence-corrected chi connectivity index (χ2v) is 4.88. The number of aromatic nitrogens is 3. The fourth-order valence-corrected chi connectivity index (χ4v) is 2.75. The van der Waals surface area contributed by atoms with Gasteiger partial charge in [0.15, 0.2) is 0 Å². The molecule has 0 bridgehead atoms. The van der Waals surface area contributed by atoms with Crippen LogP contribution in [0.3, 0.4) is 0 Å². The average molecular weight is 262 g/mol. The summed E-state index contributed by atoms with van der Waals surface area (Å²) in [4.78, 5) is 8.61. The van der Waals surface area contributed by atoms with Gasteiger partial charge in [0.25, 0.3) is 0 Å². The average Bonchev–Trinajstić information content (AvgIpc) is 3.07. The zero-order valence-corrected chi connectivity index (χ0v) is 10.9. The molecular weight excluding hydrogens is 248 g/mol. The monoisotopic (exact) mass is 262 g/mol. The van der Waals surface area contributed by atoms with Gasteiger partial charge < -0.3 is 4.57 Å². The highest BCUT2D eigenvalue weighted by Gasteiger charge is 2.28. The Labute approximate surface area is 117 Å². The third kappa shape index (κ3) is 1.73. The minimum absolute atomic E-state index is 0.177. The van der Waals surface area contributed by atoms with Crippen molar-refractivity contribution >= 4 is 0 Å². The first-order valence-electron chi connectivity index (χ1n) is 6.68. The molecule has 20 heavy (non-hydrogen) atoms. The maximum atomic E-state index is 4.35. The van der Waals surface area contributed by atoms with Crippen LogP contribution in [0.25, 0.3) is 5.69 Å². The quantitative estimate of drug-likeness (QED) is 0.788. The summed E-state index contributed by atoms with van der Waals surface area (Å²) >= 11 is 0. The molecule has 0 amide bonds. The third-order valence-corrected chi connectivity index (χ3v) is 3.68. The van der Waals surface area contributed by atoms with Gasteiger partial charge in [-0.1, -0.05) is 24.3 Å². The van der Waals surface area contributed by atoms with E-state index in [1.54, 1.807) is 0 Å². The molecule has 4 nitrogen and oxygen atoms in total. The van der Waals surface area contributed by atoms with Crippen LogP contribution in [0.1, 0.15) is 23.0 Å². The summed E-state index contributed by atoms with van der Waals surface area (Å²) in [6.07, 6.45) is 5.62. The van der Waals surface area contributed by atoms with Crippen molar-refractivity contribution in [3.05, 3.63) is 78.1 Å². The second kappa shape index (κ2) is 4.58. The molecule has 4 rings (SSSR count). The molecule has 4 heteroatoms. The van der Waals surface area contributed by atoms with Crippen LogP contribution in [-0.2, 0) is 6.54 Å². The predicted molar refractivity (Wildman–Crippen MR) is 76.5 cm³/mol. The highest BCUT2D eigenvalue weighted by atomic mass is 15.1. The number of nitrogens with one attached hydrogen (secondary N) is 1. The normalized spacial score (nSPS) is 15.9. The van der Waals surface area contributed by atoms with Crippen LogP contribution in [-0.4, -0.2) is 14.5 Å². The Morgan fingerprint density at radius 2 is 2.00 bits per heavy atom. The molecule has 1 aromatic carbocycles. The first kappa shape index (κ1) is 11.4. The summed E-state index contributed by atoms with van der Waals surface area (Å²) in [5, 5.41) is 3.57. The van der Waals surface area contributed by atoms with Crippen LogP contribution in [0.15, 0.2) is 61.2 Å². The van der Waals surface area contributed by atoms with Crippen molar-refractivity contribution in [3.8, 4) is 5.69 Å². The van der Waals surface area contributed by atoms with E-state index in [9.17, 15) is 0 Å². The minimum atomic E-state index is 0.177. The first-order chi connectivity index (χ1) is 9.93. The highest BCUT2D eigenvalue weighted by molar-refractivity contribution is 5.52. The van der Waals surface area contributed by atoms with Gasteiger partial charge in [0.2, 0.25) is 0 Å². The lowest BCUT2D eigenvalue weighted by Crippen LogP contribution is -2.20. The zero-order chi connectivity index (χ0) is 13.4. The van der Waals surface area contributed by atoms with E-state index in [4.69, 9.17) is 0 Å². The van der Waals surface area contributed by atoms with Crippen LogP contribution in [0.2, 0.25) is 0 Å². The summed E-state index contributed by atoms with van der Waals surface area (Å²) in [5.41, 5.74) is 4.73. The number of hydrogen-bond acceptors (Lipinski definition) is 3. The van der Waals surface area contributed by atoms with Gasteiger partial charge in [-0.05, 0) is 23.8 Å².